The summed E-state index contributed by atoms with van der Waals surface area (Å²) in [6, 6.07) is 8.43. The standard InChI is InChI=1S/C11H12N2O/c1-12-9-4-2-3-5-10(9)13(11(12)14)8-6-7-8/h2-5,8H,6-7H2,1H3. The summed E-state index contributed by atoms with van der Waals surface area (Å²) in [6.45, 7) is 0. The molecule has 0 atom stereocenters. The lowest BCUT2D eigenvalue weighted by Gasteiger charge is -1.97. The summed E-state index contributed by atoms with van der Waals surface area (Å²) in [5.74, 6) is 0. The van der Waals surface area contributed by atoms with Gasteiger partial charge in [0.05, 0.1) is 11.0 Å². The van der Waals surface area contributed by atoms with Crippen molar-refractivity contribution < 1.29 is 0 Å². The van der Waals surface area contributed by atoms with Crippen molar-refractivity contribution in [3.8, 4) is 0 Å². The van der Waals surface area contributed by atoms with Gasteiger partial charge in [0.1, 0.15) is 0 Å². The van der Waals surface area contributed by atoms with Gasteiger partial charge in [0.25, 0.3) is 0 Å². The molecular formula is C11H12N2O. The molecule has 3 heteroatoms. The van der Waals surface area contributed by atoms with E-state index in [9.17, 15) is 4.79 Å². The van der Waals surface area contributed by atoms with E-state index in [4.69, 9.17) is 0 Å². The van der Waals surface area contributed by atoms with Crippen LogP contribution in [0.2, 0.25) is 0 Å². The zero-order valence-corrected chi connectivity index (χ0v) is 8.10. The number of imidazole rings is 1. The van der Waals surface area contributed by atoms with Crippen LogP contribution in [0.3, 0.4) is 0 Å². The molecule has 3 rings (SSSR count). The zero-order valence-electron chi connectivity index (χ0n) is 8.10. The lowest BCUT2D eigenvalue weighted by atomic mass is 10.3. The lowest BCUT2D eigenvalue weighted by Crippen LogP contribution is -2.21. The van der Waals surface area contributed by atoms with Gasteiger partial charge >= 0.3 is 5.69 Å². The van der Waals surface area contributed by atoms with E-state index in [-0.39, 0.29) is 5.69 Å². The van der Waals surface area contributed by atoms with Crippen LogP contribution < -0.4 is 5.69 Å². The van der Waals surface area contributed by atoms with Gasteiger partial charge in [-0.15, -0.1) is 0 Å². The maximum absolute atomic E-state index is 11.9. The van der Waals surface area contributed by atoms with Gasteiger partial charge < -0.3 is 0 Å². The van der Waals surface area contributed by atoms with Crippen molar-refractivity contribution in [3.05, 3.63) is 34.7 Å². The Morgan fingerprint density at radius 1 is 1.21 bits per heavy atom. The first-order chi connectivity index (χ1) is 6.79. The Bertz CT molecular complexity index is 546. The van der Waals surface area contributed by atoms with Crippen LogP contribution in [0, 0.1) is 0 Å². The fourth-order valence-electron chi connectivity index (χ4n) is 2.00. The molecule has 0 spiro atoms. The number of hydrogen-bond donors (Lipinski definition) is 0. The second-order valence-corrected chi connectivity index (χ2v) is 3.93. The van der Waals surface area contributed by atoms with E-state index in [1.807, 2.05) is 35.9 Å². The van der Waals surface area contributed by atoms with Crippen LogP contribution in [0.4, 0.5) is 0 Å². The average Bonchev–Trinajstić information content (AvgIpc) is 2.99. The van der Waals surface area contributed by atoms with E-state index < -0.39 is 0 Å². The largest absolute Gasteiger partial charge is 0.329 e. The molecule has 0 bridgehead atoms. The Morgan fingerprint density at radius 2 is 1.86 bits per heavy atom. The third-order valence-electron chi connectivity index (χ3n) is 2.91. The molecular weight excluding hydrogens is 176 g/mol. The number of rotatable bonds is 1. The molecule has 14 heavy (non-hydrogen) atoms. The van der Waals surface area contributed by atoms with Gasteiger partial charge in [0.2, 0.25) is 0 Å². The van der Waals surface area contributed by atoms with Crippen molar-refractivity contribution in [1.82, 2.24) is 9.13 Å². The molecule has 1 aromatic carbocycles. The first kappa shape index (κ1) is 7.85. The molecule has 0 N–H and O–H groups in total. The number of nitrogens with zero attached hydrogens (tertiary/aromatic N) is 2. The highest BCUT2D eigenvalue weighted by atomic mass is 16.1. The number of aryl methyl sites for hydroxylation is 1. The normalized spacial score (nSPS) is 16.4. The molecule has 0 radical (unpaired) electrons. The predicted octanol–water partition coefficient (Wildman–Crippen LogP) is 1.67. The van der Waals surface area contributed by atoms with Crippen LogP contribution in [-0.4, -0.2) is 9.13 Å². The molecule has 0 saturated heterocycles. The Morgan fingerprint density at radius 3 is 2.50 bits per heavy atom. The summed E-state index contributed by atoms with van der Waals surface area (Å²) in [5.41, 5.74) is 2.22. The quantitative estimate of drug-likeness (QED) is 0.668. The minimum Gasteiger partial charge on any atom is -0.295 e. The number of aromatic nitrogens is 2. The van der Waals surface area contributed by atoms with E-state index in [0.717, 1.165) is 23.9 Å². The Labute approximate surface area is 81.6 Å². The van der Waals surface area contributed by atoms with Crippen LogP contribution in [0.5, 0.6) is 0 Å². The molecule has 2 aromatic rings. The van der Waals surface area contributed by atoms with Crippen molar-refractivity contribution in [2.75, 3.05) is 0 Å². The molecule has 1 aliphatic rings. The van der Waals surface area contributed by atoms with Crippen molar-refractivity contribution >= 4 is 11.0 Å². The van der Waals surface area contributed by atoms with Gasteiger partial charge in [-0.2, -0.15) is 0 Å². The van der Waals surface area contributed by atoms with E-state index >= 15 is 0 Å². The fraction of sp³-hybridized carbons (Fsp3) is 0.364. The molecule has 0 amide bonds. The molecule has 1 heterocycles. The van der Waals surface area contributed by atoms with Gasteiger partial charge in [-0.05, 0) is 25.0 Å². The van der Waals surface area contributed by atoms with Crippen molar-refractivity contribution in [2.24, 2.45) is 7.05 Å². The highest BCUT2D eigenvalue weighted by Gasteiger charge is 2.27. The SMILES string of the molecule is Cn1c(=O)n(C2CC2)c2ccccc21. The van der Waals surface area contributed by atoms with Crippen LogP contribution in [0.15, 0.2) is 29.1 Å². The van der Waals surface area contributed by atoms with Gasteiger partial charge in [-0.25, -0.2) is 4.79 Å². The minimum absolute atomic E-state index is 0.119. The van der Waals surface area contributed by atoms with E-state index in [1.54, 1.807) is 4.57 Å². The highest BCUT2D eigenvalue weighted by molar-refractivity contribution is 5.76. The van der Waals surface area contributed by atoms with Gasteiger partial charge in [0, 0.05) is 13.1 Å². The first-order valence-electron chi connectivity index (χ1n) is 4.95. The van der Waals surface area contributed by atoms with Gasteiger partial charge in [-0.1, -0.05) is 12.1 Å². The first-order valence-corrected chi connectivity index (χ1v) is 4.95. The van der Waals surface area contributed by atoms with E-state index in [0.29, 0.717) is 6.04 Å². The molecule has 1 aliphatic carbocycles. The summed E-state index contributed by atoms with van der Waals surface area (Å²) in [6.07, 6.45) is 2.29. The monoisotopic (exact) mass is 188 g/mol. The molecule has 1 aromatic heterocycles. The third kappa shape index (κ3) is 0.895. The Hall–Kier alpha value is -1.51. The maximum Gasteiger partial charge on any atom is 0.329 e. The Balaban J connectivity index is 2.47. The summed E-state index contributed by atoms with van der Waals surface area (Å²) >= 11 is 0. The smallest absolute Gasteiger partial charge is 0.295 e. The predicted molar refractivity (Wildman–Crippen MR) is 55.5 cm³/mol. The zero-order chi connectivity index (χ0) is 9.71. The Kier molecular flexibility index (Phi) is 1.40. The molecule has 1 fully saturated rings. The topological polar surface area (TPSA) is 26.9 Å². The van der Waals surface area contributed by atoms with Crippen LogP contribution in [-0.2, 0) is 7.05 Å². The van der Waals surface area contributed by atoms with Crippen molar-refractivity contribution in [2.45, 2.75) is 18.9 Å². The van der Waals surface area contributed by atoms with E-state index in [2.05, 4.69) is 0 Å². The van der Waals surface area contributed by atoms with Crippen LogP contribution in [0.1, 0.15) is 18.9 Å². The van der Waals surface area contributed by atoms with Crippen LogP contribution in [0.25, 0.3) is 11.0 Å². The number of fused-ring (bicyclic) bond motifs is 1. The highest BCUT2D eigenvalue weighted by Crippen LogP contribution is 2.35. The molecule has 72 valence electrons. The summed E-state index contributed by atoms with van der Waals surface area (Å²) in [5, 5.41) is 0. The van der Waals surface area contributed by atoms with E-state index in [1.165, 1.54) is 0 Å². The summed E-state index contributed by atoms with van der Waals surface area (Å²) in [7, 11) is 1.84. The molecule has 3 nitrogen and oxygen atoms in total. The molecule has 0 unspecified atom stereocenters. The third-order valence-corrected chi connectivity index (χ3v) is 2.91. The second kappa shape index (κ2) is 2.50. The van der Waals surface area contributed by atoms with Crippen LogP contribution >= 0.6 is 0 Å². The maximum atomic E-state index is 11.9. The van der Waals surface area contributed by atoms with Gasteiger partial charge in [-0.3, -0.25) is 9.13 Å². The minimum atomic E-state index is 0.119. The summed E-state index contributed by atoms with van der Waals surface area (Å²) in [4.78, 5) is 11.9. The number of para-hydroxylation sites is 2. The number of hydrogen-bond acceptors (Lipinski definition) is 1. The fourth-order valence-corrected chi connectivity index (χ4v) is 2.00. The second-order valence-electron chi connectivity index (χ2n) is 3.93. The molecule has 1 saturated carbocycles. The van der Waals surface area contributed by atoms with Crippen molar-refractivity contribution in [3.63, 3.8) is 0 Å². The van der Waals surface area contributed by atoms with Gasteiger partial charge in [0.15, 0.2) is 0 Å². The number of benzene rings is 1. The lowest BCUT2D eigenvalue weighted by molar-refractivity contribution is 0.696. The average molecular weight is 188 g/mol. The van der Waals surface area contributed by atoms with Crippen molar-refractivity contribution in [1.29, 1.82) is 0 Å². The summed E-state index contributed by atoms with van der Waals surface area (Å²) < 4.78 is 3.66. The molecule has 0 aliphatic heterocycles.